The van der Waals surface area contributed by atoms with Crippen molar-refractivity contribution in [2.75, 3.05) is 0 Å². The van der Waals surface area contributed by atoms with Crippen molar-refractivity contribution in [3.05, 3.63) is 57.8 Å². The van der Waals surface area contributed by atoms with E-state index in [0.717, 1.165) is 10.6 Å². The third-order valence-electron chi connectivity index (χ3n) is 3.99. The van der Waals surface area contributed by atoms with Crippen LogP contribution in [0.5, 0.6) is 0 Å². The Morgan fingerprint density at radius 1 is 1.23 bits per heavy atom. The minimum atomic E-state index is -0.744. The molecular formula is C19H19FN2O2S2. The van der Waals surface area contributed by atoms with Gasteiger partial charge in [-0.3, -0.25) is 4.79 Å². The van der Waals surface area contributed by atoms with Gasteiger partial charge in [-0.15, -0.1) is 22.7 Å². The molecule has 4 nitrogen and oxygen atoms in total. The molecule has 1 N–H and O–H groups in total. The normalized spacial score (nSPS) is 12.5. The van der Waals surface area contributed by atoms with E-state index in [1.807, 2.05) is 19.2 Å². The van der Waals surface area contributed by atoms with Crippen LogP contribution in [0.3, 0.4) is 0 Å². The van der Waals surface area contributed by atoms with Gasteiger partial charge in [-0.1, -0.05) is 26.0 Å². The summed E-state index contributed by atoms with van der Waals surface area (Å²) in [5.41, 5.74) is 1.21. The van der Waals surface area contributed by atoms with Crippen molar-refractivity contribution in [3.63, 3.8) is 0 Å². The van der Waals surface area contributed by atoms with Crippen LogP contribution in [-0.4, -0.2) is 20.9 Å². The minimum absolute atomic E-state index is 0.0248. The van der Waals surface area contributed by atoms with Crippen LogP contribution in [0.1, 0.15) is 47.3 Å². The molecule has 1 unspecified atom stereocenters. The average Bonchev–Trinajstić information content (AvgIpc) is 3.29. The van der Waals surface area contributed by atoms with E-state index in [1.165, 1.54) is 34.8 Å². The third kappa shape index (κ3) is 4.23. The van der Waals surface area contributed by atoms with Crippen LogP contribution >= 0.6 is 22.7 Å². The molecule has 0 aliphatic carbocycles. The highest BCUT2D eigenvalue weighted by Gasteiger charge is 2.26. The van der Waals surface area contributed by atoms with Gasteiger partial charge < -0.3 is 5.11 Å². The van der Waals surface area contributed by atoms with Crippen LogP contribution in [0.2, 0.25) is 0 Å². The fourth-order valence-corrected chi connectivity index (χ4v) is 4.41. The molecule has 7 heteroatoms. The SMILES string of the molecule is CC(C)C(O)c1sc(-c2nccs2)nc1C(=O)CCc1ccc(F)cc1. The maximum atomic E-state index is 13.0. The number of ketones is 1. The predicted octanol–water partition coefficient (Wildman–Crippen LogP) is 4.91. The summed E-state index contributed by atoms with van der Waals surface area (Å²) in [4.78, 5) is 22.1. The number of aryl methyl sites for hydroxylation is 1. The summed E-state index contributed by atoms with van der Waals surface area (Å²) in [5.74, 6) is -0.443. The molecule has 0 aliphatic heterocycles. The van der Waals surface area contributed by atoms with E-state index in [2.05, 4.69) is 9.97 Å². The quantitative estimate of drug-likeness (QED) is 0.582. The number of Topliss-reactive ketones (excluding diaryl/α,β-unsaturated/α-hetero) is 1. The Morgan fingerprint density at radius 3 is 2.58 bits per heavy atom. The van der Waals surface area contributed by atoms with Crippen LogP contribution < -0.4 is 0 Å². The smallest absolute Gasteiger partial charge is 0.182 e. The standard InChI is InChI=1S/C19H19FN2O2S2/c1-11(2)16(24)17-15(22-19(26-17)18-21-9-10-25-18)14(23)8-5-12-3-6-13(20)7-4-12/h3-4,6-7,9-11,16,24H,5,8H2,1-2H3. The molecule has 0 aliphatic rings. The van der Waals surface area contributed by atoms with E-state index in [0.29, 0.717) is 22.0 Å². The second-order valence-electron chi connectivity index (χ2n) is 6.31. The zero-order chi connectivity index (χ0) is 18.7. The van der Waals surface area contributed by atoms with E-state index >= 15 is 0 Å². The number of carbonyl (C=O) groups excluding carboxylic acids is 1. The number of benzene rings is 1. The average molecular weight is 391 g/mol. The van der Waals surface area contributed by atoms with Crippen LogP contribution in [0.15, 0.2) is 35.8 Å². The fraction of sp³-hybridized carbons (Fsp3) is 0.316. The Hall–Kier alpha value is -1.96. The van der Waals surface area contributed by atoms with E-state index < -0.39 is 6.10 Å². The number of halogens is 1. The summed E-state index contributed by atoms with van der Waals surface area (Å²) in [5, 5.41) is 13.8. The Morgan fingerprint density at radius 2 is 1.96 bits per heavy atom. The molecule has 0 amide bonds. The number of rotatable bonds is 7. The summed E-state index contributed by atoms with van der Waals surface area (Å²) in [6.07, 6.45) is 1.70. The topological polar surface area (TPSA) is 63.1 Å². The lowest BCUT2D eigenvalue weighted by Crippen LogP contribution is -2.11. The van der Waals surface area contributed by atoms with Crippen molar-refractivity contribution in [1.82, 2.24) is 9.97 Å². The van der Waals surface area contributed by atoms with Crippen molar-refractivity contribution in [1.29, 1.82) is 0 Å². The fourth-order valence-electron chi connectivity index (χ4n) is 2.48. The second kappa shape index (κ2) is 8.16. The van der Waals surface area contributed by atoms with Crippen LogP contribution in [-0.2, 0) is 6.42 Å². The van der Waals surface area contributed by atoms with E-state index in [1.54, 1.807) is 18.3 Å². The maximum Gasteiger partial charge on any atom is 0.182 e. The molecule has 0 spiro atoms. The maximum absolute atomic E-state index is 13.0. The first kappa shape index (κ1) is 18.8. The van der Waals surface area contributed by atoms with Crippen molar-refractivity contribution >= 4 is 28.5 Å². The van der Waals surface area contributed by atoms with Gasteiger partial charge in [0, 0.05) is 18.0 Å². The Kier molecular flexibility index (Phi) is 5.90. The number of hydrogen-bond acceptors (Lipinski definition) is 6. The number of hydrogen-bond donors (Lipinski definition) is 1. The van der Waals surface area contributed by atoms with Gasteiger partial charge in [0.15, 0.2) is 15.8 Å². The molecule has 26 heavy (non-hydrogen) atoms. The first-order valence-corrected chi connectivity index (χ1v) is 10.0. The summed E-state index contributed by atoms with van der Waals surface area (Å²) in [7, 11) is 0. The van der Waals surface area contributed by atoms with Crippen molar-refractivity contribution < 1.29 is 14.3 Å². The summed E-state index contributed by atoms with van der Waals surface area (Å²) in [6.45, 7) is 3.81. The monoisotopic (exact) mass is 390 g/mol. The molecule has 0 bridgehead atoms. The number of carbonyl (C=O) groups is 1. The molecule has 3 aromatic rings. The van der Waals surface area contributed by atoms with Crippen molar-refractivity contribution in [2.45, 2.75) is 32.8 Å². The number of thiazole rings is 2. The Labute approximate surface area is 159 Å². The van der Waals surface area contributed by atoms with Gasteiger partial charge in [0.25, 0.3) is 0 Å². The highest BCUT2D eigenvalue weighted by Crippen LogP contribution is 2.36. The first-order chi connectivity index (χ1) is 12.5. The number of aliphatic hydroxyl groups excluding tert-OH is 1. The van der Waals surface area contributed by atoms with Gasteiger partial charge in [-0.2, -0.15) is 0 Å². The molecule has 0 saturated carbocycles. The molecule has 1 aromatic carbocycles. The summed E-state index contributed by atoms with van der Waals surface area (Å²) in [6, 6.07) is 6.12. The first-order valence-electron chi connectivity index (χ1n) is 8.32. The van der Waals surface area contributed by atoms with Crippen molar-refractivity contribution in [2.24, 2.45) is 5.92 Å². The highest BCUT2D eigenvalue weighted by molar-refractivity contribution is 7.20. The largest absolute Gasteiger partial charge is 0.387 e. The van der Waals surface area contributed by atoms with Gasteiger partial charge in [0.05, 0.1) is 11.0 Å². The Bertz CT molecular complexity index is 874. The highest BCUT2D eigenvalue weighted by atomic mass is 32.1. The molecule has 0 saturated heterocycles. The summed E-state index contributed by atoms with van der Waals surface area (Å²) >= 11 is 2.77. The molecule has 2 heterocycles. The predicted molar refractivity (Wildman–Crippen MR) is 102 cm³/mol. The zero-order valence-corrected chi connectivity index (χ0v) is 16.1. The lowest BCUT2D eigenvalue weighted by Gasteiger charge is -2.13. The molecule has 136 valence electrons. The van der Waals surface area contributed by atoms with Crippen LogP contribution in [0.4, 0.5) is 4.39 Å². The zero-order valence-electron chi connectivity index (χ0n) is 14.5. The summed E-state index contributed by atoms with van der Waals surface area (Å²) < 4.78 is 13.0. The lowest BCUT2D eigenvalue weighted by atomic mass is 10.0. The van der Waals surface area contributed by atoms with Crippen LogP contribution in [0, 0.1) is 11.7 Å². The molecule has 1 atom stereocenters. The minimum Gasteiger partial charge on any atom is -0.387 e. The van der Waals surface area contributed by atoms with Gasteiger partial charge in [0.1, 0.15) is 11.5 Å². The second-order valence-corrected chi connectivity index (χ2v) is 8.23. The van der Waals surface area contributed by atoms with Crippen molar-refractivity contribution in [3.8, 4) is 10.0 Å². The number of nitrogens with zero attached hydrogens (tertiary/aromatic N) is 2. The van der Waals surface area contributed by atoms with Crippen LogP contribution in [0.25, 0.3) is 10.0 Å². The Balaban J connectivity index is 1.84. The van der Waals surface area contributed by atoms with Gasteiger partial charge >= 0.3 is 0 Å². The molecule has 3 rings (SSSR count). The van der Waals surface area contributed by atoms with Gasteiger partial charge in [-0.05, 0) is 30.0 Å². The van der Waals surface area contributed by atoms with E-state index in [4.69, 9.17) is 0 Å². The molecule has 0 radical (unpaired) electrons. The molecule has 0 fully saturated rings. The van der Waals surface area contributed by atoms with E-state index in [-0.39, 0.29) is 23.9 Å². The molecular weight excluding hydrogens is 371 g/mol. The van der Waals surface area contributed by atoms with Gasteiger partial charge in [-0.25, -0.2) is 14.4 Å². The van der Waals surface area contributed by atoms with Gasteiger partial charge in [0.2, 0.25) is 0 Å². The lowest BCUT2D eigenvalue weighted by molar-refractivity contribution is 0.0961. The molecule has 2 aromatic heterocycles. The third-order valence-corrected chi connectivity index (χ3v) is 6.03. The number of aromatic nitrogens is 2. The number of aliphatic hydroxyl groups is 1. The van der Waals surface area contributed by atoms with E-state index in [9.17, 15) is 14.3 Å².